The Morgan fingerprint density at radius 2 is 1.57 bits per heavy atom. The van der Waals surface area contributed by atoms with Crippen molar-refractivity contribution >= 4 is 35.6 Å². The highest BCUT2D eigenvalue weighted by molar-refractivity contribution is 6.11. The van der Waals surface area contributed by atoms with Crippen LogP contribution in [0.3, 0.4) is 0 Å². The molecule has 2 heterocycles. The molecule has 2 aliphatic heterocycles. The smallest absolute Gasteiger partial charge is 0.334 e. The molecule has 1 spiro atoms. The Morgan fingerprint density at radius 1 is 0.952 bits per heavy atom. The summed E-state index contributed by atoms with van der Waals surface area (Å²) in [5, 5.41) is 0. The summed E-state index contributed by atoms with van der Waals surface area (Å²) in [6.45, 7) is 9.53. The highest BCUT2D eigenvalue weighted by atomic mass is 16.7. The summed E-state index contributed by atoms with van der Waals surface area (Å²) in [6, 6.07) is 0. The Balaban J connectivity index is 1.69. The topological polar surface area (TPSA) is 167 Å². The highest BCUT2D eigenvalue weighted by Gasteiger charge is 2.56. The maximum absolute atomic E-state index is 13.2. The van der Waals surface area contributed by atoms with Crippen LogP contribution in [0, 0.1) is 5.92 Å². The molecule has 7 unspecified atom stereocenters. The third-order valence-corrected chi connectivity index (χ3v) is 7.71. The van der Waals surface area contributed by atoms with Gasteiger partial charge in [-0.05, 0) is 42.9 Å². The minimum absolute atomic E-state index is 0.210. The number of esters is 5. The van der Waals surface area contributed by atoms with Crippen molar-refractivity contribution in [1.29, 1.82) is 0 Å². The Morgan fingerprint density at radius 3 is 2.19 bits per heavy atom. The van der Waals surface area contributed by atoms with Gasteiger partial charge in [-0.2, -0.15) is 0 Å². The second-order valence-corrected chi connectivity index (χ2v) is 10.7. The lowest BCUT2D eigenvalue weighted by Gasteiger charge is -2.44. The average molecular weight is 591 g/mol. The van der Waals surface area contributed by atoms with Crippen LogP contribution in [-0.4, -0.2) is 85.2 Å². The average Bonchev–Trinajstić information content (AvgIpc) is 3.02. The molecule has 2 aliphatic carbocycles. The SMILES string of the molecule is C=C1C(=O)OC23CC1CCC(COC1OC(COC(C)=O)C(OC(C)=O)C(OC(C)=O)C1OC(C)=O)=C2C(=O)C=C3C. The summed E-state index contributed by atoms with van der Waals surface area (Å²) in [5.41, 5.74) is 0.546. The van der Waals surface area contributed by atoms with E-state index < -0.39 is 72.8 Å². The molecule has 0 aromatic heterocycles. The second kappa shape index (κ2) is 12.2. The molecule has 0 N–H and O–H groups in total. The third kappa shape index (κ3) is 6.16. The Kier molecular flexibility index (Phi) is 9.02. The van der Waals surface area contributed by atoms with Crippen LogP contribution in [0.4, 0.5) is 0 Å². The van der Waals surface area contributed by atoms with Crippen LogP contribution >= 0.6 is 0 Å². The number of hydrogen-bond donors (Lipinski definition) is 0. The third-order valence-electron chi connectivity index (χ3n) is 7.71. The van der Waals surface area contributed by atoms with Crippen LogP contribution in [0.5, 0.6) is 0 Å². The number of ketones is 1. The zero-order valence-electron chi connectivity index (χ0n) is 24.1. The summed E-state index contributed by atoms with van der Waals surface area (Å²) in [6.07, 6.45) is -4.04. The van der Waals surface area contributed by atoms with E-state index in [4.69, 9.17) is 33.2 Å². The van der Waals surface area contributed by atoms with Gasteiger partial charge in [0, 0.05) is 45.3 Å². The summed E-state index contributed by atoms with van der Waals surface area (Å²) >= 11 is 0. The van der Waals surface area contributed by atoms with Gasteiger partial charge in [0.2, 0.25) is 0 Å². The molecule has 228 valence electrons. The van der Waals surface area contributed by atoms with Crippen molar-refractivity contribution in [2.45, 2.75) is 90.2 Å². The van der Waals surface area contributed by atoms with E-state index in [2.05, 4.69) is 6.58 Å². The van der Waals surface area contributed by atoms with E-state index in [1.54, 1.807) is 6.92 Å². The van der Waals surface area contributed by atoms with Crippen molar-refractivity contribution in [1.82, 2.24) is 0 Å². The van der Waals surface area contributed by atoms with Gasteiger partial charge in [-0.3, -0.25) is 24.0 Å². The van der Waals surface area contributed by atoms with Crippen LogP contribution in [0.2, 0.25) is 0 Å². The van der Waals surface area contributed by atoms with E-state index in [1.165, 1.54) is 13.0 Å². The van der Waals surface area contributed by atoms with Crippen molar-refractivity contribution in [3.8, 4) is 0 Å². The first kappa shape index (κ1) is 31.1. The van der Waals surface area contributed by atoms with E-state index in [0.717, 1.165) is 20.8 Å². The van der Waals surface area contributed by atoms with Gasteiger partial charge in [-0.1, -0.05) is 6.58 Å². The quantitative estimate of drug-likeness (QED) is 0.227. The summed E-state index contributed by atoms with van der Waals surface area (Å²) in [5.74, 6) is -4.03. The van der Waals surface area contributed by atoms with Gasteiger partial charge in [0.05, 0.1) is 6.61 Å². The first-order chi connectivity index (χ1) is 19.7. The number of rotatable bonds is 8. The molecule has 7 atom stereocenters. The summed E-state index contributed by atoms with van der Waals surface area (Å²) in [4.78, 5) is 73.6. The standard InChI is InChI=1S/C29H34O13/c1-13-9-21(34)23-20(8-7-19-10-29(13,23)42-27(35)14(19)2)11-37-28-26(40-18(6)33)25(39-17(5)32)24(38-16(4)31)22(41-28)12-36-15(3)30/h9,19,22,24-26,28H,2,7-8,10-12H2,1,3-6H3. The second-order valence-electron chi connectivity index (χ2n) is 10.7. The normalized spacial score (nSPS) is 32.2. The maximum Gasteiger partial charge on any atom is 0.334 e. The zero-order chi connectivity index (χ0) is 30.9. The molecule has 13 nitrogen and oxygen atoms in total. The van der Waals surface area contributed by atoms with E-state index in [1.807, 2.05) is 0 Å². The molecular formula is C29H34O13. The molecule has 0 aromatic rings. The number of carbonyl (C=O) groups is 6. The molecule has 42 heavy (non-hydrogen) atoms. The van der Waals surface area contributed by atoms with Crippen LogP contribution in [-0.2, 0) is 61.9 Å². The molecule has 13 heteroatoms. The Labute approximate surface area is 242 Å². The lowest BCUT2D eigenvalue weighted by molar-refractivity contribution is -0.306. The molecule has 2 saturated heterocycles. The van der Waals surface area contributed by atoms with Gasteiger partial charge >= 0.3 is 29.8 Å². The van der Waals surface area contributed by atoms with E-state index in [-0.39, 0.29) is 18.3 Å². The fourth-order valence-corrected chi connectivity index (χ4v) is 5.94. The maximum atomic E-state index is 13.2. The number of fused-ring (bicyclic) bond motifs is 1. The molecular weight excluding hydrogens is 556 g/mol. The van der Waals surface area contributed by atoms with Crippen LogP contribution in [0.15, 0.2) is 34.9 Å². The minimum Gasteiger partial charge on any atom is -0.463 e. The molecule has 4 rings (SSSR count). The molecule has 2 fully saturated rings. The van der Waals surface area contributed by atoms with Gasteiger partial charge in [0.25, 0.3) is 0 Å². The lowest BCUT2D eigenvalue weighted by atomic mass is 9.78. The minimum atomic E-state index is -1.42. The predicted octanol–water partition coefficient (Wildman–Crippen LogP) is 1.56. The van der Waals surface area contributed by atoms with Crippen molar-refractivity contribution in [2.75, 3.05) is 13.2 Å². The van der Waals surface area contributed by atoms with Crippen LogP contribution in [0.1, 0.15) is 53.9 Å². The number of ether oxygens (including phenoxy) is 7. The van der Waals surface area contributed by atoms with Gasteiger partial charge in [-0.25, -0.2) is 4.79 Å². The first-order valence-electron chi connectivity index (χ1n) is 13.5. The largest absolute Gasteiger partial charge is 0.463 e. The van der Waals surface area contributed by atoms with E-state index in [9.17, 15) is 28.8 Å². The van der Waals surface area contributed by atoms with Crippen molar-refractivity contribution < 1.29 is 61.9 Å². The molecule has 4 aliphatic rings. The molecule has 0 radical (unpaired) electrons. The monoisotopic (exact) mass is 590 g/mol. The fourth-order valence-electron chi connectivity index (χ4n) is 5.94. The highest BCUT2D eigenvalue weighted by Crippen LogP contribution is 2.51. The van der Waals surface area contributed by atoms with E-state index in [0.29, 0.717) is 41.6 Å². The van der Waals surface area contributed by atoms with Gasteiger partial charge in [0.15, 0.2) is 36.0 Å². The van der Waals surface area contributed by atoms with E-state index >= 15 is 0 Å². The Hall–Kier alpha value is -3.84. The van der Waals surface area contributed by atoms with Crippen molar-refractivity contribution in [2.24, 2.45) is 5.92 Å². The number of carbonyl (C=O) groups excluding carboxylic acids is 6. The van der Waals surface area contributed by atoms with Gasteiger partial charge < -0.3 is 33.2 Å². The molecule has 0 saturated carbocycles. The summed E-state index contributed by atoms with van der Waals surface area (Å²) in [7, 11) is 0. The van der Waals surface area contributed by atoms with Crippen LogP contribution < -0.4 is 0 Å². The predicted molar refractivity (Wildman–Crippen MR) is 139 cm³/mol. The van der Waals surface area contributed by atoms with Crippen molar-refractivity contribution in [3.05, 3.63) is 34.9 Å². The number of allylic oxidation sites excluding steroid dienone is 1. The zero-order valence-corrected chi connectivity index (χ0v) is 24.1. The van der Waals surface area contributed by atoms with Crippen LogP contribution in [0.25, 0.3) is 0 Å². The first-order valence-corrected chi connectivity index (χ1v) is 13.5. The van der Waals surface area contributed by atoms with Crippen molar-refractivity contribution in [3.63, 3.8) is 0 Å². The lowest BCUT2D eigenvalue weighted by Crippen LogP contribution is -2.63. The fraction of sp³-hybridized carbons (Fsp3) is 0.586. The number of hydrogen-bond acceptors (Lipinski definition) is 13. The Bertz CT molecular complexity index is 1280. The molecule has 0 aromatic carbocycles. The van der Waals surface area contributed by atoms with Gasteiger partial charge in [0.1, 0.15) is 12.7 Å². The molecule has 2 bridgehead atoms. The summed E-state index contributed by atoms with van der Waals surface area (Å²) < 4.78 is 39.3. The molecule has 0 amide bonds. The van der Waals surface area contributed by atoms with Gasteiger partial charge in [-0.15, -0.1) is 0 Å².